The Bertz CT molecular complexity index is 165. The van der Waals surface area contributed by atoms with Gasteiger partial charge in [0.15, 0.2) is 0 Å². The van der Waals surface area contributed by atoms with Crippen LogP contribution in [0.5, 0.6) is 0 Å². The smallest absolute Gasteiger partial charge is 0.0345 e. The maximum atomic E-state index is 3.38. The van der Waals surface area contributed by atoms with E-state index in [4.69, 9.17) is 0 Å². The van der Waals surface area contributed by atoms with Gasteiger partial charge < -0.3 is 5.32 Å². The first-order chi connectivity index (χ1) is 6.90. The fraction of sp³-hybridized carbons (Fsp3) is 1.00. The topological polar surface area (TPSA) is 15.3 Å². The van der Waals surface area contributed by atoms with Gasteiger partial charge in [0, 0.05) is 25.7 Å². The van der Waals surface area contributed by atoms with Crippen LogP contribution >= 0.6 is 11.8 Å². The van der Waals surface area contributed by atoms with E-state index in [0.29, 0.717) is 0 Å². The Morgan fingerprint density at radius 1 is 1.43 bits per heavy atom. The molecular weight excluding hydrogens is 192 g/mol. The van der Waals surface area contributed by atoms with E-state index in [1.807, 2.05) is 0 Å². The molecule has 2 rings (SSSR count). The van der Waals surface area contributed by atoms with Crippen molar-refractivity contribution >= 4 is 11.8 Å². The molecule has 0 bridgehead atoms. The van der Waals surface area contributed by atoms with Gasteiger partial charge in [0.05, 0.1) is 0 Å². The third-order valence-corrected chi connectivity index (χ3v) is 4.54. The first kappa shape index (κ1) is 10.8. The summed E-state index contributed by atoms with van der Waals surface area (Å²) in [6.07, 6.45) is 2.75. The molecule has 14 heavy (non-hydrogen) atoms. The van der Waals surface area contributed by atoms with Crippen molar-refractivity contribution in [2.75, 3.05) is 37.7 Å². The summed E-state index contributed by atoms with van der Waals surface area (Å²) in [6.45, 7) is 7.39. The second-order valence-corrected chi connectivity index (χ2v) is 5.69. The predicted molar refractivity (Wildman–Crippen MR) is 64.0 cm³/mol. The van der Waals surface area contributed by atoms with E-state index in [2.05, 4.69) is 28.9 Å². The Hall–Kier alpha value is 0.270. The molecule has 2 saturated heterocycles. The fourth-order valence-electron chi connectivity index (χ4n) is 2.30. The molecule has 2 heterocycles. The molecule has 82 valence electrons. The van der Waals surface area contributed by atoms with E-state index < -0.39 is 0 Å². The van der Waals surface area contributed by atoms with Crippen LogP contribution in [0.3, 0.4) is 0 Å². The Balaban J connectivity index is 1.76. The predicted octanol–water partition coefficient (Wildman–Crippen LogP) is 1.42. The largest absolute Gasteiger partial charge is 0.314 e. The van der Waals surface area contributed by atoms with Crippen LogP contribution in [0, 0.1) is 5.92 Å². The van der Waals surface area contributed by atoms with Crippen molar-refractivity contribution in [1.29, 1.82) is 0 Å². The SMILES string of the molecule is CCCN(CC1CCSC1)C1CNC1. The Morgan fingerprint density at radius 3 is 2.79 bits per heavy atom. The second-order valence-electron chi connectivity index (χ2n) is 4.54. The molecule has 0 aliphatic carbocycles. The lowest BCUT2D eigenvalue weighted by molar-refractivity contribution is 0.128. The van der Waals surface area contributed by atoms with Crippen molar-refractivity contribution in [2.45, 2.75) is 25.8 Å². The Labute approximate surface area is 91.8 Å². The van der Waals surface area contributed by atoms with Crippen molar-refractivity contribution in [2.24, 2.45) is 5.92 Å². The summed E-state index contributed by atoms with van der Waals surface area (Å²) in [5.74, 6) is 3.78. The maximum absolute atomic E-state index is 3.38. The zero-order valence-electron chi connectivity index (χ0n) is 9.17. The normalized spacial score (nSPS) is 28.3. The van der Waals surface area contributed by atoms with Crippen molar-refractivity contribution in [3.05, 3.63) is 0 Å². The van der Waals surface area contributed by atoms with Gasteiger partial charge in [-0.05, 0) is 36.8 Å². The van der Waals surface area contributed by atoms with Gasteiger partial charge >= 0.3 is 0 Å². The first-order valence-corrected chi connectivity index (χ1v) is 7.08. The van der Waals surface area contributed by atoms with Crippen LogP contribution in [0.4, 0.5) is 0 Å². The number of hydrogen-bond donors (Lipinski definition) is 1. The van der Waals surface area contributed by atoms with Crippen LogP contribution in [0.1, 0.15) is 19.8 Å². The average Bonchev–Trinajstić information content (AvgIpc) is 2.54. The molecule has 2 aliphatic heterocycles. The van der Waals surface area contributed by atoms with Gasteiger partial charge in [-0.3, -0.25) is 4.90 Å². The summed E-state index contributed by atoms with van der Waals surface area (Å²) < 4.78 is 0. The summed E-state index contributed by atoms with van der Waals surface area (Å²) in [5.41, 5.74) is 0. The minimum Gasteiger partial charge on any atom is -0.314 e. The standard InChI is InChI=1S/C11H22N2S/c1-2-4-13(11-6-12-7-11)8-10-3-5-14-9-10/h10-12H,2-9H2,1H3. The zero-order chi connectivity index (χ0) is 9.80. The van der Waals surface area contributed by atoms with E-state index in [1.165, 1.54) is 50.5 Å². The first-order valence-electron chi connectivity index (χ1n) is 5.92. The van der Waals surface area contributed by atoms with Crippen LogP contribution in [0.2, 0.25) is 0 Å². The van der Waals surface area contributed by atoms with Crippen LogP contribution in [-0.4, -0.2) is 48.6 Å². The lowest BCUT2D eigenvalue weighted by Crippen LogP contribution is -2.58. The molecule has 0 spiro atoms. The molecule has 2 nitrogen and oxygen atoms in total. The molecule has 0 saturated carbocycles. The molecule has 2 aliphatic rings. The van der Waals surface area contributed by atoms with Gasteiger partial charge in [-0.1, -0.05) is 6.92 Å². The number of hydrogen-bond acceptors (Lipinski definition) is 3. The van der Waals surface area contributed by atoms with Gasteiger partial charge in [-0.25, -0.2) is 0 Å². The molecule has 1 atom stereocenters. The molecule has 1 unspecified atom stereocenters. The molecule has 0 aromatic rings. The van der Waals surface area contributed by atoms with Crippen molar-refractivity contribution < 1.29 is 0 Å². The highest BCUT2D eigenvalue weighted by Gasteiger charge is 2.27. The molecular formula is C11H22N2S. The number of nitrogens with one attached hydrogen (secondary N) is 1. The molecule has 0 aromatic carbocycles. The van der Waals surface area contributed by atoms with Gasteiger partial charge in [-0.15, -0.1) is 0 Å². The van der Waals surface area contributed by atoms with Crippen LogP contribution in [0.15, 0.2) is 0 Å². The Kier molecular flexibility index (Phi) is 4.14. The lowest BCUT2D eigenvalue weighted by Gasteiger charge is -2.39. The second kappa shape index (κ2) is 5.38. The summed E-state index contributed by atoms with van der Waals surface area (Å²) in [4.78, 5) is 2.72. The quantitative estimate of drug-likeness (QED) is 0.745. The van der Waals surface area contributed by atoms with Crippen LogP contribution in [-0.2, 0) is 0 Å². The minimum absolute atomic E-state index is 0.848. The number of thioether (sulfide) groups is 1. The fourth-order valence-corrected chi connectivity index (χ4v) is 3.57. The van der Waals surface area contributed by atoms with E-state index in [0.717, 1.165) is 12.0 Å². The summed E-state index contributed by atoms with van der Waals surface area (Å²) >= 11 is 2.14. The van der Waals surface area contributed by atoms with E-state index in [-0.39, 0.29) is 0 Å². The van der Waals surface area contributed by atoms with Crippen LogP contribution < -0.4 is 5.32 Å². The highest BCUT2D eigenvalue weighted by atomic mass is 32.2. The molecule has 1 N–H and O–H groups in total. The summed E-state index contributed by atoms with van der Waals surface area (Å²) in [7, 11) is 0. The van der Waals surface area contributed by atoms with Crippen molar-refractivity contribution in [3.63, 3.8) is 0 Å². The lowest BCUT2D eigenvalue weighted by atomic mass is 10.0. The van der Waals surface area contributed by atoms with E-state index in [9.17, 15) is 0 Å². The van der Waals surface area contributed by atoms with Crippen molar-refractivity contribution in [3.8, 4) is 0 Å². The molecule has 3 heteroatoms. The minimum atomic E-state index is 0.848. The monoisotopic (exact) mass is 214 g/mol. The third-order valence-electron chi connectivity index (χ3n) is 3.30. The highest BCUT2D eigenvalue weighted by Crippen LogP contribution is 2.25. The Morgan fingerprint density at radius 2 is 2.29 bits per heavy atom. The van der Waals surface area contributed by atoms with Gasteiger partial charge in [0.1, 0.15) is 0 Å². The molecule has 2 fully saturated rings. The average molecular weight is 214 g/mol. The van der Waals surface area contributed by atoms with Gasteiger partial charge in [-0.2, -0.15) is 11.8 Å². The van der Waals surface area contributed by atoms with Crippen molar-refractivity contribution in [1.82, 2.24) is 10.2 Å². The van der Waals surface area contributed by atoms with Crippen LogP contribution in [0.25, 0.3) is 0 Å². The number of rotatable bonds is 5. The van der Waals surface area contributed by atoms with Gasteiger partial charge in [0.25, 0.3) is 0 Å². The van der Waals surface area contributed by atoms with E-state index in [1.54, 1.807) is 0 Å². The maximum Gasteiger partial charge on any atom is 0.0345 e. The van der Waals surface area contributed by atoms with Gasteiger partial charge in [0.2, 0.25) is 0 Å². The zero-order valence-corrected chi connectivity index (χ0v) is 9.98. The molecule has 0 radical (unpaired) electrons. The van der Waals surface area contributed by atoms with E-state index >= 15 is 0 Å². The summed E-state index contributed by atoms with van der Waals surface area (Å²) in [5, 5.41) is 3.38. The third kappa shape index (κ3) is 2.65. The summed E-state index contributed by atoms with van der Waals surface area (Å²) in [6, 6.07) is 0.848. The highest BCUT2D eigenvalue weighted by molar-refractivity contribution is 7.99. The molecule has 0 amide bonds. The number of nitrogens with zero attached hydrogens (tertiary/aromatic N) is 1. The molecule has 0 aromatic heterocycles.